The van der Waals surface area contributed by atoms with Crippen molar-refractivity contribution in [2.24, 2.45) is 7.05 Å². The van der Waals surface area contributed by atoms with Crippen molar-refractivity contribution in [1.29, 1.82) is 0 Å². The second-order valence-corrected chi connectivity index (χ2v) is 11.7. The molecule has 3 N–H and O–H groups in total. The van der Waals surface area contributed by atoms with Crippen LogP contribution in [-0.4, -0.2) is 118 Å². The molecule has 0 spiro atoms. The van der Waals surface area contributed by atoms with Gasteiger partial charge >= 0.3 is 23.8 Å². The average molecular weight is 630 g/mol. The summed E-state index contributed by atoms with van der Waals surface area (Å²) in [5.74, 6) is -3.90. The highest BCUT2D eigenvalue weighted by molar-refractivity contribution is 8.01. The number of β-lactam (4-membered cyclic amide) rings is 1. The summed E-state index contributed by atoms with van der Waals surface area (Å²) in [4.78, 5) is 80.2. The molecule has 0 aliphatic carbocycles. The molecule has 1 aromatic carbocycles. The van der Waals surface area contributed by atoms with Gasteiger partial charge in [-0.15, -0.1) is 16.9 Å². The number of benzene rings is 1. The van der Waals surface area contributed by atoms with Crippen LogP contribution in [0.1, 0.15) is 18.5 Å². The van der Waals surface area contributed by atoms with Crippen LogP contribution in [0.25, 0.3) is 0 Å². The molecule has 1 aromatic heterocycles. The average Bonchev–Trinajstić information content (AvgIpc) is 3.42. The predicted octanol–water partition coefficient (Wildman–Crippen LogP) is -0.818. The molecule has 2 fully saturated rings. The molecule has 5 rings (SSSR count). The lowest BCUT2D eigenvalue weighted by Gasteiger charge is -2.49. The second kappa shape index (κ2) is 12.4. The number of nitrogens with zero attached hydrogens (tertiary/aromatic N) is 7. The van der Waals surface area contributed by atoms with Crippen molar-refractivity contribution in [1.82, 2.24) is 45.5 Å². The first kappa shape index (κ1) is 30.0. The molecule has 4 heterocycles. The van der Waals surface area contributed by atoms with Crippen molar-refractivity contribution in [3.05, 3.63) is 47.2 Å². The van der Waals surface area contributed by atoms with E-state index in [-0.39, 0.29) is 24.5 Å². The first-order valence-corrected chi connectivity index (χ1v) is 15.2. The van der Waals surface area contributed by atoms with Crippen molar-refractivity contribution < 1.29 is 33.9 Å². The topological polar surface area (TPSA) is 200 Å². The Kier molecular flexibility index (Phi) is 8.67. The van der Waals surface area contributed by atoms with Crippen LogP contribution in [0.2, 0.25) is 0 Å². The van der Waals surface area contributed by atoms with E-state index < -0.39 is 53.1 Å². The molecule has 226 valence electrons. The SMILES string of the molecule is CCN1CCN(C(=O)NC(C(=O)NC2C(=O)N3C(C(=O)O)=C(CSc4nnnn4C)CS[C@H]23)c2ccccc2)C(=O)C1=O. The van der Waals surface area contributed by atoms with E-state index >= 15 is 0 Å². The Morgan fingerprint density at radius 1 is 1.14 bits per heavy atom. The fraction of sp³-hybridized carbons (Fsp3) is 0.400. The minimum atomic E-state index is -1.31. The molecule has 3 aliphatic heterocycles. The van der Waals surface area contributed by atoms with Gasteiger partial charge in [0.2, 0.25) is 11.1 Å². The molecular formula is C25H27N9O7S2. The summed E-state index contributed by atoms with van der Waals surface area (Å²) in [6.07, 6.45) is 0. The standard InChI is InChI=1S/C25H27N9O7S2/c1-3-32-9-10-33(21(38)20(32)37)24(41)27-15(13-7-5-4-6-8-13)18(35)26-16-19(36)34-17(23(39)40)14(11-42-22(16)34)12-43-25-28-29-30-31(25)2/h4-8,15-16,22H,3,9-12H2,1-2H3,(H,26,35)(H,27,41)(H,39,40)/t15?,16?,22-/m1/s1. The number of carbonyl (C=O) groups excluding carboxylic acids is 5. The number of likely N-dealkylation sites (N-methyl/N-ethyl adjacent to an activating group) is 1. The van der Waals surface area contributed by atoms with E-state index in [0.717, 1.165) is 9.80 Å². The number of carbonyl (C=O) groups is 6. The maximum absolute atomic E-state index is 13.5. The predicted molar refractivity (Wildman–Crippen MR) is 151 cm³/mol. The second-order valence-electron chi connectivity index (χ2n) is 9.66. The zero-order valence-electron chi connectivity index (χ0n) is 23.0. The normalized spacial score (nSPS) is 20.9. The smallest absolute Gasteiger partial charge is 0.352 e. The monoisotopic (exact) mass is 629 g/mol. The Hall–Kier alpha value is -4.45. The lowest BCUT2D eigenvalue weighted by Crippen LogP contribution is -2.71. The lowest BCUT2D eigenvalue weighted by atomic mass is 10.0. The molecule has 3 aliphatic rings. The maximum Gasteiger partial charge on any atom is 0.352 e. The summed E-state index contributed by atoms with van der Waals surface area (Å²) in [6.45, 7) is 2.16. The number of nitrogens with one attached hydrogen (secondary N) is 2. The minimum absolute atomic E-state index is 0.0414. The third kappa shape index (κ3) is 5.79. The largest absolute Gasteiger partial charge is 0.477 e. The fourth-order valence-corrected chi connectivity index (χ4v) is 7.18. The molecule has 16 nitrogen and oxygen atoms in total. The van der Waals surface area contributed by atoms with Gasteiger partial charge in [-0.25, -0.2) is 14.3 Å². The van der Waals surface area contributed by atoms with Gasteiger partial charge < -0.3 is 20.6 Å². The Balaban J connectivity index is 1.30. The molecule has 6 amide bonds. The van der Waals surface area contributed by atoms with Crippen molar-refractivity contribution in [2.75, 3.05) is 31.1 Å². The Morgan fingerprint density at radius 3 is 2.53 bits per heavy atom. The highest BCUT2D eigenvalue weighted by Crippen LogP contribution is 2.41. The number of carboxylic acid groups (broad SMARTS) is 1. The third-order valence-electron chi connectivity index (χ3n) is 7.10. The number of tetrazole rings is 1. The number of hydrogen-bond acceptors (Lipinski definition) is 11. The molecule has 2 saturated heterocycles. The number of aryl methyl sites for hydroxylation is 1. The quantitative estimate of drug-likeness (QED) is 0.177. The molecular weight excluding hydrogens is 602 g/mol. The number of fused-ring (bicyclic) bond motifs is 1. The molecule has 3 atom stereocenters. The van der Waals surface area contributed by atoms with Crippen molar-refractivity contribution in [2.45, 2.75) is 29.5 Å². The van der Waals surface area contributed by atoms with E-state index in [1.165, 1.54) is 33.1 Å². The van der Waals surface area contributed by atoms with E-state index in [2.05, 4.69) is 26.2 Å². The Labute approximate surface area is 253 Å². The number of aromatic nitrogens is 4. The molecule has 0 bridgehead atoms. The number of carboxylic acids is 1. The summed E-state index contributed by atoms with van der Waals surface area (Å²) in [6, 6.07) is 4.94. The number of thioether (sulfide) groups is 2. The van der Waals surface area contributed by atoms with Gasteiger partial charge in [-0.1, -0.05) is 42.1 Å². The number of aliphatic carboxylic acids is 1. The molecule has 0 saturated carbocycles. The highest BCUT2D eigenvalue weighted by atomic mass is 32.2. The summed E-state index contributed by atoms with van der Waals surface area (Å²) in [5, 5.41) is 26.1. The zero-order valence-corrected chi connectivity index (χ0v) is 24.6. The molecule has 18 heteroatoms. The van der Waals surface area contributed by atoms with Crippen molar-refractivity contribution >= 4 is 59.2 Å². The summed E-state index contributed by atoms with van der Waals surface area (Å²) in [7, 11) is 1.65. The number of piperazine rings is 1. The number of hydrogen-bond donors (Lipinski definition) is 3. The van der Waals surface area contributed by atoms with Gasteiger partial charge in [-0.2, -0.15) is 0 Å². The summed E-state index contributed by atoms with van der Waals surface area (Å²) in [5.41, 5.74) is 0.740. The van der Waals surface area contributed by atoms with Crippen LogP contribution in [0.3, 0.4) is 0 Å². The van der Waals surface area contributed by atoms with Crippen LogP contribution in [0.4, 0.5) is 4.79 Å². The van der Waals surface area contributed by atoms with Gasteiger partial charge in [0.25, 0.3) is 5.91 Å². The van der Waals surface area contributed by atoms with Gasteiger partial charge in [0.15, 0.2) is 0 Å². The molecule has 2 unspecified atom stereocenters. The van der Waals surface area contributed by atoms with E-state index in [1.807, 2.05) is 0 Å². The third-order valence-corrected chi connectivity index (χ3v) is 9.54. The van der Waals surface area contributed by atoms with Gasteiger partial charge in [0.1, 0.15) is 23.2 Å². The number of urea groups is 1. The summed E-state index contributed by atoms with van der Waals surface area (Å²) < 4.78 is 1.45. The van der Waals surface area contributed by atoms with E-state index in [4.69, 9.17) is 0 Å². The van der Waals surface area contributed by atoms with E-state index in [0.29, 0.717) is 28.6 Å². The first-order valence-electron chi connectivity index (χ1n) is 13.1. The van der Waals surface area contributed by atoms with Gasteiger partial charge in [-0.3, -0.25) is 29.0 Å². The minimum Gasteiger partial charge on any atom is -0.477 e. The van der Waals surface area contributed by atoms with Crippen LogP contribution < -0.4 is 10.6 Å². The van der Waals surface area contributed by atoms with Gasteiger partial charge in [-0.05, 0) is 28.5 Å². The lowest BCUT2D eigenvalue weighted by molar-refractivity contribution is -0.153. The van der Waals surface area contributed by atoms with Crippen molar-refractivity contribution in [3.8, 4) is 0 Å². The number of amides is 6. The first-order chi connectivity index (χ1) is 20.6. The van der Waals surface area contributed by atoms with E-state index in [9.17, 15) is 33.9 Å². The van der Waals surface area contributed by atoms with Gasteiger partial charge in [0, 0.05) is 38.2 Å². The van der Waals surface area contributed by atoms with Crippen molar-refractivity contribution in [3.63, 3.8) is 0 Å². The number of imide groups is 1. The Bertz CT molecular complexity index is 1520. The highest BCUT2D eigenvalue weighted by Gasteiger charge is 2.54. The van der Waals surface area contributed by atoms with Crippen LogP contribution in [0.5, 0.6) is 0 Å². The summed E-state index contributed by atoms with van der Waals surface area (Å²) >= 11 is 2.53. The molecule has 0 radical (unpaired) electrons. The molecule has 43 heavy (non-hydrogen) atoms. The van der Waals surface area contributed by atoms with Crippen LogP contribution in [0, 0.1) is 0 Å². The molecule has 2 aromatic rings. The van der Waals surface area contributed by atoms with Gasteiger partial charge in [0.05, 0.1) is 0 Å². The van der Waals surface area contributed by atoms with Crippen LogP contribution in [0.15, 0.2) is 46.8 Å². The van der Waals surface area contributed by atoms with Crippen LogP contribution in [-0.2, 0) is 31.0 Å². The maximum atomic E-state index is 13.5. The Morgan fingerprint density at radius 2 is 1.88 bits per heavy atom. The zero-order chi connectivity index (χ0) is 30.8. The number of rotatable bonds is 9. The fourth-order valence-electron chi connectivity index (χ4n) is 4.84. The van der Waals surface area contributed by atoms with Crippen LogP contribution >= 0.6 is 23.5 Å². The van der Waals surface area contributed by atoms with E-state index in [1.54, 1.807) is 44.3 Å².